The highest BCUT2D eigenvalue weighted by molar-refractivity contribution is 7.16. The molecule has 2 amide bonds. The van der Waals surface area contributed by atoms with Crippen LogP contribution in [0.3, 0.4) is 0 Å². The minimum Gasteiger partial charge on any atom is -0.342 e. The van der Waals surface area contributed by atoms with Crippen molar-refractivity contribution in [2.45, 2.75) is 43.6 Å². The maximum Gasteiger partial charge on any atom is 0.284 e. The fourth-order valence-corrected chi connectivity index (χ4v) is 6.04. The predicted molar refractivity (Wildman–Crippen MR) is 121 cm³/mol. The van der Waals surface area contributed by atoms with Crippen molar-refractivity contribution in [3.05, 3.63) is 64.8 Å². The van der Waals surface area contributed by atoms with Crippen LogP contribution in [0.2, 0.25) is 0 Å². The van der Waals surface area contributed by atoms with Crippen LogP contribution in [0.1, 0.15) is 47.1 Å². The van der Waals surface area contributed by atoms with Crippen molar-refractivity contribution in [2.75, 3.05) is 13.1 Å². The summed E-state index contributed by atoms with van der Waals surface area (Å²) in [5.74, 6) is -1.74. The average Bonchev–Trinajstić information content (AvgIpc) is 3.56. The van der Waals surface area contributed by atoms with Gasteiger partial charge in [-0.05, 0) is 42.7 Å². The lowest BCUT2D eigenvalue weighted by molar-refractivity contribution is -0.142. The van der Waals surface area contributed by atoms with Gasteiger partial charge in [-0.25, -0.2) is 8.78 Å². The Labute approximate surface area is 203 Å². The fourth-order valence-electron chi connectivity index (χ4n) is 5.25. The van der Waals surface area contributed by atoms with Crippen molar-refractivity contribution < 1.29 is 23.1 Å². The molecule has 11 heteroatoms. The van der Waals surface area contributed by atoms with E-state index in [-0.39, 0.29) is 16.8 Å². The van der Waals surface area contributed by atoms with Gasteiger partial charge in [-0.2, -0.15) is 0 Å². The Morgan fingerprint density at radius 2 is 1.86 bits per heavy atom. The highest BCUT2D eigenvalue weighted by atomic mass is 32.1. The number of carbonyl (C=O) groups is 2. The summed E-state index contributed by atoms with van der Waals surface area (Å²) in [5, 5.41) is 8.98. The topological polar surface area (TPSA) is 88.5 Å². The predicted octanol–water partition coefficient (Wildman–Crippen LogP) is 3.57. The molecule has 0 N–H and O–H groups in total. The van der Waals surface area contributed by atoms with Crippen molar-refractivity contribution in [1.29, 1.82) is 0 Å². The van der Waals surface area contributed by atoms with E-state index in [9.17, 15) is 18.4 Å². The molecule has 0 radical (unpaired) electrons. The Hall–Kier alpha value is -3.31. The number of likely N-dealkylation sites (tertiary alicyclic amines) is 1. The Kier molecular flexibility index (Phi) is 5.33. The molecule has 3 fully saturated rings. The zero-order valence-corrected chi connectivity index (χ0v) is 19.4. The van der Waals surface area contributed by atoms with Crippen molar-refractivity contribution in [3.8, 4) is 10.7 Å². The van der Waals surface area contributed by atoms with Gasteiger partial charge in [0, 0.05) is 38.2 Å². The number of pyridine rings is 1. The number of ether oxygens (including phenoxy) is 1. The third-order valence-electron chi connectivity index (χ3n) is 6.94. The number of carbonyl (C=O) groups excluding carboxylic acids is 2. The third-order valence-corrected chi connectivity index (χ3v) is 7.87. The Morgan fingerprint density at radius 3 is 2.57 bits per heavy atom. The Morgan fingerprint density at radius 1 is 1.09 bits per heavy atom. The molecule has 5 heterocycles. The molecule has 3 aliphatic rings. The molecule has 3 saturated heterocycles. The quantitative estimate of drug-likeness (QED) is 0.550. The lowest BCUT2D eigenvalue weighted by Crippen LogP contribution is -2.51. The summed E-state index contributed by atoms with van der Waals surface area (Å²) in [6.07, 6.45) is 3.10. The van der Waals surface area contributed by atoms with Gasteiger partial charge in [0.2, 0.25) is 5.01 Å². The molecule has 1 aromatic carbocycles. The molecule has 8 nitrogen and oxygen atoms in total. The second-order valence-corrected chi connectivity index (χ2v) is 9.97. The number of amides is 2. The molecule has 6 rings (SSSR count). The maximum absolute atomic E-state index is 13.8. The molecule has 1 spiro atoms. The highest BCUT2D eigenvalue weighted by Crippen LogP contribution is 2.47. The van der Waals surface area contributed by atoms with E-state index in [1.165, 1.54) is 23.5 Å². The fraction of sp³-hybridized carbons (Fsp3) is 0.375. The van der Waals surface area contributed by atoms with E-state index in [0.717, 1.165) is 6.07 Å². The zero-order chi connectivity index (χ0) is 24.2. The van der Waals surface area contributed by atoms with Crippen LogP contribution < -0.4 is 0 Å². The van der Waals surface area contributed by atoms with E-state index >= 15 is 0 Å². The van der Waals surface area contributed by atoms with E-state index in [0.29, 0.717) is 55.0 Å². The van der Waals surface area contributed by atoms with E-state index in [2.05, 4.69) is 15.2 Å². The van der Waals surface area contributed by atoms with Gasteiger partial charge >= 0.3 is 0 Å². The number of benzene rings is 1. The average molecular weight is 498 g/mol. The largest absolute Gasteiger partial charge is 0.342 e. The molecule has 3 aromatic rings. The van der Waals surface area contributed by atoms with Gasteiger partial charge in [-0.15, -0.1) is 10.2 Å². The van der Waals surface area contributed by atoms with Crippen LogP contribution in [0.5, 0.6) is 0 Å². The van der Waals surface area contributed by atoms with Gasteiger partial charge in [-0.3, -0.25) is 14.6 Å². The van der Waals surface area contributed by atoms with E-state index in [1.54, 1.807) is 28.1 Å². The number of hydrogen-bond donors (Lipinski definition) is 0. The number of halogens is 2. The summed E-state index contributed by atoms with van der Waals surface area (Å²) in [5.41, 5.74) is 0.0678. The van der Waals surface area contributed by atoms with Crippen molar-refractivity contribution in [2.24, 2.45) is 0 Å². The Bertz CT molecular complexity index is 1280. The lowest BCUT2D eigenvalue weighted by Gasteiger charge is -2.37. The van der Waals surface area contributed by atoms with E-state index < -0.39 is 29.5 Å². The SMILES string of the molecule is O=C(c1nnc(-c2ccccn2)s1)N1CCC2(CC1)OC1CCC(c3cc(F)cc(F)c3)N1C2=O. The molecule has 180 valence electrons. The molecular weight excluding hydrogens is 476 g/mol. The van der Waals surface area contributed by atoms with Gasteiger partial charge in [-0.1, -0.05) is 17.4 Å². The number of nitrogens with zero attached hydrogens (tertiary/aromatic N) is 5. The molecule has 0 saturated carbocycles. The van der Waals surface area contributed by atoms with Gasteiger partial charge in [0.1, 0.15) is 23.6 Å². The summed E-state index contributed by atoms with van der Waals surface area (Å²) in [6.45, 7) is 0.672. The molecular formula is C24H21F2N5O3S. The van der Waals surface area contributed by atoms with E-state index in [1.807, 2.05) is 6.07 Å². The summed E-state index contributed by atoms with van der Waals surface area (Å²) in [4.78, 5) is 34.1. The van der Waals surface area contributed by atoms with Crippen molar-refractivity contribution >= 4 is 23.2 Å². The number of piperidine rings is 1. The van der Waals surface area contributed by atoms with E-state index in [4.69, 9.17) is 4.74 Å². The molecule has 0 aliphatic carbocycles. The summed E-state index contributed by atoms with van der Waals surface area (Å²) in [6, 6.07) is 8.39. The summed E-state index contributed by atoms with van der Waals surface area (Å²) < 4.78 is 33.9. The molecule has 2 aromatic heterocycles. The van der Waals surface area contributed by atoms with Crippen molar-refractivity contribution in [1.82, 2.24) is 25.0 Å². The lowest BCUT2D eigenvalue weighted by atomic mass is 9.89. The standard InChI is InChI=1S/C24H21F2N5O3S/c25-15-11-14(12-16(26)13-15)18-4-5-19-31(18)23(33)24(34-19)6-9-30(10-7-24)22(32)21-29-28-20(35-21)17-3-1-2-8-27-17/h1-3,8,11-13,18-19H,4-7,9-10H2. The normalized spacial score (nSPS) is 23.2. The number of hydrogen-bond acceptors (Lipinski definition) is 7. The second-order valence-electron chi connectivity index (χ2n) is 8.99. The first-order chi connectivity index (χ1) is 16.9. The third kappa shape index (κ3) is 3.79. The second kappa shape index (κ2) is 8.42. The van der Waals surface area contributed by atoms with Crippen LogP contribution in [-0.2, 0) is 9.53 Å². The van der Waals surface area contributed by atoms with Crippen LogP contribution in [0.15, 0.2) is 42.6 Å². The maximum atomic E-state index is 13.8. The van der Waals surface area contributed by atoms with Gasteiger partial charge in [0.05, 0.1) is 6.04 Å². The van der Waals surface area contributed by atoms with Gasteiger partial charge in [0.25, 0.3) is 11.8 Å². The van der Waals surface area contributed by atoms with Crippen LogP contribution in [0.25, 0.3) is 10.7 Å². The van der Waals surface area contributed by atoms with Crippen molar-refractivity contribution in [3.63, 3.8) is 0 Å². The first-order valence-corrected chi connectivity index (χ1v) is 12.3. The molecule has 2 atom stereocenters. The highest BCUT2D eigenvalue weighted by Gasteiger charge is 2.58. The Balaban J connectivity index is 1.15. The monoisotopic (exact) mass is 497 g/mol. The molecule has 0 bridgehead atoms. The molecule has 35 heavy (non-hydrogen) atoms. The first-order valence-electron chi connectivity index (χ1n) is 11.4. The molecule has 2 unspecified atom stereocenters. The minimum absolute atomic E-state index is 0.171. The van der Waals surface area contributed by atoms with Gasteiger partial charge < -0.3 is 14.5 Å². The van der Waals surface area contributed by atoms with Crippen LogP contribution >= 0.6 is 11.3 Å². The number of rotatable bonds is 3. The zero-order valence-electron chi connectivity index (χ0n) is 18.6. The van der Waals surface area contributed by atoms with Crippen LogP contribution in [0, 0.1) is 11.6 Å². The summed E-state index contributed by atoms with van der Waals surface area (Å²) in [7, 11) is 0. The first kappa shape index (κ1) is 22.2. The van der Waals surface area contributed by atoms with Crippen LogP contribution in [-0.4, -0.2) is 61.7 Å². The minimum atomic E-state index is -1.02. The number of fused-ring (bicyclic) bond motifs is 1. The van der Waals surface area contributed by atoms with Gasteiger partial charge in [0.15, 0.2) is 10.6 Å². The smallest absolute Gasteiger partial charge is 0.284 e. The van der Waals surface area contributed by atoms with Crippen LogP contribution in [0.4, 0.5) is 8.78 Å². The number of aromatic nitrogens is 3. The summed E-state index contributed by atoms with van der Waals surface area (Å²) >= 11 is 1.18. The molecule has 3 aliphatic heterocycles.